The molecule has 0 radical (unpaired) electrons. The van der Waals surface area contributed by atoms with Crippen LogP contribution in [0.15, 0.2) is 48.5 Å². The largest absolute Gasteiger partial charge is 0.496 e. The Kier molecular flexibility index (Phi) is 8.60. The summed E-state index contributed by atoms with van der Waals surface area (Å²) in [4.78, 5) is 50.1. The number of nitrogens with zero attached hydrogens (tertiary/aromatic N) is 2. The minimum absolute atomic E-state index is 0.0713. The predicted molar refractivity (Wildman–Crippen MR) is 124 cm³/mol. The molecule has 0 bridgehead atoms. The van der Waals surface area contributed by atoms with Crippen LogP contribution in [0.25, 0.3) is 0 Å². The first-order chi connectivity index (χ1) is 16.8. The average Bonchev–Trinajstić information content (AvgIpc) is 3.37. The molecule has 1 N–H and O–H groups in total. The second-order valence-electron chi connectivity index (χ2n) is 7.93. The summed E-state index contributed by atoms with van der Waals surface area (Å²) in [6.45, 7) is 0.412. The molecular weight excluding hydrogens is 458 g/mol. The molecule has 11 nitrogen and oxygen atoms in total. The second-order valence-corrected chi connectivity index (χ2v) is 7.93. The van der Waals surface area contributed by atoms with E-state index in [9.17, 15) is 24.5 Å². The summed E-state index contributed by atoms with van der Waals surface area (Å²) in [6.07, 6.45) is 0.274. The average molecular weight is 485 g/mol. The number of likely N-dealkylation sites (tertiary alicyclic amines) is 1. The number of ether oxygens (including phenoxy) is 3. The van der Waals surface area contributed by atoms with E-state index >= 15 is 0 Å². The SMILES string of the molecule is COC(=O)[C@H](Cc1cc([N+](=O)[O-])ccc1OC)NC(=O)[C@H]1CCCN1C(=O)OCc1ccccc1. The van der Waals surface area contributed by atoms with Crippen LogP contribution in [-0.4, -0.2) is 60.6 Å². The van der Waals surface area contributed by atoms with Gasteiger partial charge >= 0.3 is 12.1 Å². The first kappa shape index (κ1) is 25.5. The van der Waals surface area contributed by atoms with E-state index in [2.05, 4.69) is 5.32 Å². The molecule has 0 aliphatic carbocycles. The summed E-state index contributed by atoms with van der Waals surface area (Å²) in [5, 5.41) is 13.8. The minimum Gasteiger partial charge on any atom is -0.496 e. The fourth-order valence-corrected chi connectivity index (χ4v) is 3.92. The van der Waals surface area contributed by atoms with E-state index < -0.39 is 35.0 Å². The van der Waals surface area contributed by atoms with Crippen molar-refractivity contribution in [3.63, 3.8) is 0 Å². The number of nitro benzene ring substituents is 1. The van der Waals surface area contributed by atoms with Crippen LogP contribution < -0.4 is 10.1 Å². The van der Waals surface area contributed by atoms with E-state index in [0.29, 0.717) is 30.7 Å². The zero-order valence-electron chi connectivity index (χ0n) is 19.5. The van der Waals surface area contributed by atoms with Gasteiger partial charge in [0.1, 0.15) is 24.4 Å². The van der Waals surface area contributed by atoms with Gasteiger partial charge in [-0.1, -0.05) is 30.3 Å². The van der Waals surface area contributed by atoms with Crippen LogP contribution in [0.2, 0.25) is 0 Å². The summed E-state index contributed by atoms with van der Waals surface area (Å²) in [5.74, 6) is -0.951. The van der Waals surface area contributed by atoms with Gasteiger partial charge in [-0.15, -0.1) is 0 Å². The number of carbonyl (C=O) groups is 3. The van der Waals surface area contributed by atoms with Gasteiger partial charge < -0.3 is 19.5 Å². The van der Waals surface area contributed by atoms with Gasteiger partial charge in [-0.3, -0.25) is 19.8 Å². The van der Waals surface area contributed by atoms with Crippen molar-refractivity contribution in [2.24, 2.45) is 0 Å². The molecule has 1 aliphatic heterocycles. The fourth-order valence-electron chi connectivity index (χ4n) is 3.92. The number of amides is 2. The van der Waals surface area contributed by atoms with Crippen molar-refractivity contribution >= 4 is 23.7 Å². The van der Waals surface area contributed by atoms with Crippen molar-refractivity contribution in [1.29, 1.82) is 0 Å². The van der Waals surface area contributed by atoms with E-state index in [1.54, 1.807) is 0 Å². The number of carbonyl (C=O) groups excluding carboxylic acids is 3. The van der Waals surface area contributed by atoms with Gasteiger partial charge in [-0.2, -0.15) is 0 Å². The van der Waals surface area contributed by atoms with Gasteiger partial charge in [0.25, 0.3) is 5.69 Å². The molecule has 1 aliphatic rings. The predicted octanol–water partition coefficient (Wildman–Crippen LogP) is 2.60. The lowest BCUT2D eigenvalue weighted by molar-refractivity contribution is -0.384. The third-order valence-corrected chi connectivity index (χ3v) is 5.70. The Hall–Kier alpha value is -4.15. The summed E-state index contributed by atoms with van der Waals surface area (Å²) < 4.78 is 15.4. The lowest BCUT2D eigenvalue weighted by Crippen LogP contribution is -2.51. The third-order valence-electron chi connectivity index (χ3n) is 5.70. The molecule has 2 aromatic rings. The monoisotopic (exact) mass is 485 g/mol. The van der Waals surface area contributed by atoms with Crippen LogP contribution in [0.4, 0.5) is 10.5 Å². The Labute approximate surface area is 202 Å². The molecule has 1 fully saturated rings. The maximum Gasteiger partial charge on any atom is 0.410 e. The zero-order chi connectivity index (χ0) is 25.4. The molecule has 186 valence electrons. The quantitative estimate of drug-likeness (QED) is 0.325. The summed E-state index contributed by atoms with van der Waals surface area (Å²) in [6, 6.07) is 11.2. The number of hydrogen-bond acceptors (Lipinski definition) is 8. The molecule has 1 saturated heterocycles. The molecule has 0 saturated carbocycles. The number of benzene rings is 2. The number of esters is 1. The third kappa shape index (κ3) is 6.46. The van der Waals surface area contributed by atoms with E-state index in [0.717, 1.165) is 5.56 Å². The van der Waals surface area contributed by atoms with Crippen molar-refractivity contribution in [3.8, 4) is 5.75 Å². The van der Waals surface area contributed by atoms with Gasteiger partial charge in [0.2, 0.25) is 5.91 Å². The Morgan fingerprint density at radius 2 is 1.91 bits per heavy atom. The molecule has 35 heavy (non-hydrogen) atoms. The highest BCUT2D eigenvalue weighted by Crippen LogP contribution is 2.26. The van der Waals surface area contributed by atoms with Crippen LogP contribution in [-0.2, 0) is 32.1 Å². The zero-order valence-corrected chi connectivity index (χ0v) is 19.5. The second kappa shape index (κ2) is 11.8. The number of nitrogens with one attached hydrogen (secondary N) is 1. The molecule has 0 unspecified atom stereocenters. The number of hydrogen-bond donors (Lipinski definition) is 1. The van der Waals surface area contributed by atoms with Gasteiger partial charge in [-0.25, -0.2) is 9.59 Å². The van der Waals surface area contributed by atoms with Crippen LogP contribution in [0, 0.1) is 10.1 Å². The summed E-state index contributed by atoms with van der Waals surface area (Å²) in [5.41, 5.74) is 0.986. The first-order valence-corrected chi connectivity index (χ1v) is 11.0. The Balaban J connectivity index is 1.71. The molecule has 2 atom stereocenters. The normalized spacial score (nSPS) is 15.7. The van der Waals surface area contributed by atoms with Gasteiger partial charge in [0.15, 0.2) is 0 Å². The van der Waals surface area contributed by atoms with Crippen molar-refractivity contribution in [2.45, 2.75) is 38.0 Å². The van der Waals surface area contributed by atoms with Gasteiger partial charge in [-0.05, 0) is 24.5 Å². The van der Waals surface area contributed by atoms with Gasteiger partial charge in [0.05, 0.1) is 19.1 Å². The van der Waals surface area contributed by atoms with Crippen molar-refractivity contribution in [2.75, 3.05) is 20.8 Å². The summed E-state index contributed by atoms with van der Waals surface area (Å²) in [7, 11) is 2.57. The Morgan fingerprint density at radius 1 is 1.17 bits per heavy atom. The maximum absolute atomic E-state index is 13.1. The molecule has 1 heterocycles. The number of methoxy groups -OCH3 is 2. The first-order valence-electron chi connectivity index (χ1n) is 11.0. The topological polar surface area (TPSA) is 137 Å². The number of rotatable bonds is 9. The highest BCUT2D eigenvalue weighted by atomic mass is 16.6. The molecule has 3 rings (SSSR count). The molecule has 11 heteroatoms. The number of non-ortho nitro benzene ring substituents is 1. The maximum atomic E-state index is 13.1. The molecule has 0 aromatic heterocycles. The fraction of sp³-hybridized carbons (Fsp3) is 0.375. The van der Waals surface area contributed by atoms with Crippen molar-refractivity contribution < 1.29 is 33.5 Å². The van der Waals surface area contributed by atoms with E-state index in [1.807, 2.05) is 30.3 Å². The Bertz CT molecular complexity index is 1080. The Morgan fingerprint density at radius 3 is 2.57 bits per heavy atom. The van der Waals surface area contributed by atoms with Gasteiger partial charge in [0, 0.05) is 30.7 Å². The number of nitro groups is 1. The molecule has 2 aromatic carbocycles. The molecule has 0 spiro atoms. The molecule has 2 amide bonds. The standard InChI is InChI=1S/C24H27N3O8/c1-33-21-11-10-18(27(31)32)13-17(21)14-19(23(29)34-2)25-22(28)20-9-6-12-26(20)24(30)35-15-16-7-4-3-5-8-16/h3-5,7-8,10-11,13,19-20H,6,9,12,14-15H2,1-2H3,(H,25,28)/t19-,20+/m0/s1. The van der Waals surface area contributed by atoms with E-state index in [1.165, 1.54) is 37.3 Å². The minimum atomic E-state index is -1.15. The highest BCUT2D eigenvalue weighted by molar-refractivity contribution is 5.90. The highest BCUT2D eigenvalue weighted by Gasteiger charge is 2.37. The van der Waals surface area contributed by atoms with Crippen LogP contribution in [0.1, 0.15) is 24.0 Å². The van der Waals surface area contributed by atoms with E-state index in [-0.39, 0.29) is 18.7 Å². The smallest absolute Gasteiger partial charge is 0.410 e. The van der Waals surface area contributed by atoms with Crippen molar-refractivity contribution in [1.82, 2.24) is 10.2 Å². The van der Waals surface area contributed by atoms with Crippen LogP contribution in [0.3, 0.4) is 0 Å². The molecular formula is C24H27N3O8. The van der Waals surface area contributed by atoms with Crippen LogP contribution in [0.5, 0.6) is 5.75 Å². The van der Waals surface area contributed by atoms with Crippen molar-refractivity contribution in [3.05, 3.63) is 69.8 Å². The van der Waals surface area contributed by atoms with Crippen LogP contribution >= 0.6 is 0 Å². The lowest BCUT2D eigenvalue weighted by atomic mass is 10.0. The van der Waals surface area contributed by atoms with E-state index in [4.69, 9.17) is 14.2 Å². The lowest BCUT2D eigenvalue weighted by Gasteiger charge is -2.25. The summed E-state index contributed by atoms with van der Waals surface area (Å²) >= 11 is 0.